The summed E-state index contributed by atoms with van der Waals surface area (Å²) in [4.78, 5) is 0. The molecule has 0 atom stereocenters. The first-order valence-electron chi connectivity index (χ1n) is 3.68. The van der Waals surface area contributed by atoms with Gasteiger partial charge >= 0.3 is 0 Å². The van der Waals surface area contributed by atoms with Gasteiger partial charge in [0.1, 0.15) is 0 Å². The molecule has 13 heavy (non-hydrogen) atoms. The highest BCUT2D eigenvalue weighted by molar-refractivity contribution is 9.10. The van der Waals surface area contributed by atoms with Gasteiger partial charge in [-0.15, -0.1) is 0 Å². The maximum absolute atomic E-state index is 5.96. The monoisotopic (exact) mass is 279 g/mol. The van der Waals surface area contributed by atoms with Gasteiger partial charge in [-0.25, -0.2) is 0 Å². The maximum atomic E-state index is 5.96. The quantitative estimate of drug-likeness (QED) is 0.872. The van der Waals surface area contributed by atoms with E-state index in [9.17, 15) is 0 Å². The van der Waals surface area contributed by atoms with Crippen molar-refractivity contribution in [3.05, 3.63) is 39.3 Å². The van der Waals surface area contributed by atoms with E-state index >= 15 is 0 Å². The third-order valence-electron chi connectivity index (χ3n) is 1.43. The summed E-state index contributed by atoms with van der Waals surface area (Å²) in [7, 11) is 0. The Hall–Kier alpha value is -0.180. The van der Waals surface area contributed by atoms with Crippen molar-refractivity contribution < 1.29 is 0 Å². The second-order valence-corrected chi connectivity index (χ2v) is 3.94. The lowest BCUT2D eigenvalue weighted by molar-refractivity contribution is 1.34. The molecule has 0 saturated heterocycles. The molecule has 1 nitrogen and oxygen atoms in total. The molecule has 4 heteroatoms. The van der Waals surface area contributed by atoms with E-state index in [1.54, 1.807) is 6.08 Å². The lowest BCUT2D eigenvalue weighted by Gasteiger charge is -2.05. The summed E-state index contributed by atoms with van der Waals surface area (Å²) in [5, 5.41) is 3.81. The SMILES string of the molecule is Cl/C=C/CNc1ccc(Br)cc1Cl. The van der Waals surface area contributed by atoms with E-state index in [4.69, 9.17) is 23.2 Å². The number of hydrogen-bond donors (Lipinski definition) is 1. The van der Waals surface area contributed by atoms with Gasteiger partial charge in [0.2, 0.25) is 0 Å². The summed E-state index contributed by atoms with van der Waals surface area (Å²) >= 11 is 14.7. The molecule has 0 fully saturated rings. The van der Waals surface area contributed by atoms with Crippen LogP contribution in [0.1, 0.15) is 0 Å². The van der Waals surface area contributed by atoms with Gasteiger partial charge in [-0.1, -0.05) is 45.2 Å². The molecule has 1 aromatic rings. The smallest absolute Gasteiger partial charge is 0.0648 e. The first-order valence-corrected chi connectivity index (χ1v) is 5.29. The lowest BCUT2D eigenvalue weighted by atomic mass is 10.3. The summed E-state index contributed by atoms with van der Waals surface area (Å²) in [6.45, 7) is 0.671. The van der Waals surface area contributed by atoms with Crippen LogP contribution >= 0.6 is 39.1 Å². The molecule has 70 valence electrons. The van der Waals surface area contributed by atoms with E-state index in [1.807, 2.05) is 18.2 Å². The molecule has 0 aliphatic carbocycles. The van der Waals surface area contributed by atoms with Crippen molar-refractivity contribution >= 4 is 44.8 Å². The summed E-state index contributed by atoms with van der Waals surface area (Å²) in [6.07, 6.45) is 1.81. The molecule has 0 spiro atoms. The van der Waals surface area contributed by atoms with Crippen molar-refractivity contribution in [3.8, 4) is 0 Å². The van der Waals surface area contributed by atoms with E-state index in [-0.39, 0.29) is 0 Å². The summed E-state index contributed by atoms with van der Waals surface area (Å²) in [5.74, 6) is 0. The Morgan fingerprint density at radius 2 is 2.23 bits per heavy atom. The largest absolute Gasteiger partial charge is 0.380 e. The Bertz CT molecular complexity index is 312. The highest BCUT2D eigenvalue weighted by Crippen LogP contribution is 2.25. The Morgan fingerprint density at radius 1 is 1.46 bits per heavy atom. The highest BCUT2D eigenvalue weighted by Gasteiger charge is 1.98. The lowest BCUT2D eigenvalue weighted by Crippen LogP contribution is -1.98. The van der Waals surface area contributed by atoms with Crippen molar-refractivity contribution in [2.75, 3.05) is 11.9 Å². The molecule has 0 unspecified atom stereocenters. The van der Waals surface area contributed by atoms with Crippen LogP contribution in [-0.2, 0) is 0 Å². The van der Waals surface area contributed by atoms with Gasteiger partial charge in [0.25, 0.3) is 0 Å². The minimum Gasteiger partial charge on any atom is -0.380 e. The predicted octanol–water partition coefficient (Wildman–Crippen LogP) is 4.27. The van der Waals surface area contributed by atoms with Crippen molar-refractivity contribution in [3.63, 3.8) is 0 Å². The maximum Gasteiger partial charge on any atom is 0.0648 e. The van der Waals surface area contributed by atoms with Crippen molar-refractivity contribution in [2.24, 2.45) is 0 Å². The van der Waals surface area contributed by atoms with E-state index in [2.05, 4.69) is 21.2 Å². The molecule has 0 bridgehead atoms. The van der Waals surface area contributed by atoms with E-state index < -0.39 is 0 Å². The number of nitrogens with one attached hydrogen (secondary N) is 1. The fraction of sp³-hybridized carbons (Fsp3) is 0.111. The van der Waals surface area contributed by atoms with E-state index in [0.29, 0.717) is 11.6 Å². The van der Waals surface area contributed by atoms with Gasteiger partial charge in [-0.3, -0.25) is 0 Å². The predicted molar refractivity (Wildman–Crippen MR) is 62.6 cm³/mol. The molecule has 1 N–H and O–H groups in total. The zero-order chi connectivity index (χ0) is 9.68. The minimum absolute atomic E-state index is 0.671. The molecule has 0 aliphatic heterocycles. The standard InChI is InChI=1S/C9H8BrCl2N/c10-7-2-3-9(8(12)6-7)13-5-1-4-11/h1-4,6,13H,5H2/b4-1+. The highest BCUT2D eigenvalue weighted by atomic mass is 79.9. The summed E-state index contributed by atoms with van der Waals surface area (Å²) in [6, 6.07) is 5.68. The van der Waals surface area contributed by atoms with Gasteiger partial charge < -0.3 is 5.32 Å². The number of halogens is 3. The second kappa shape index (κ2) is 5.53. The van der Waals surface area contributed by atoms with E-state index in [0.717, 1.165) is 10.2 Å². The zero-order valence-electron chi connectivity index (χ0n) is 6.73. The molecule has 0 heterocycles. The van der Waals surface area contributed by atoms with Crippen LogP contribution in [0.25, 0.3) is 0 Å². The van der Waals surface area contributed by atoms with Crippen LogP contribution in [0, 0.1) is 0 Å². The van der Waals surface area contributed by atoms with Crippen molar-refractivity contribution in [2.45, 2.75) is 0 Å². The number of benzene rings is 1. The van der Waals surface area contributed by atoms with Crippen LogP contribution in [0.3, 0.4) is 0 Å². The number of rotatable bonds is 3. The summed E-state index contributed by atoms with van der Waals surface area (Å²) in [5.41, 5.74) is 2.37. The van der Waals surface area contributed by atoms with Crippen LogP contribution < -0.4 is 5.32 Å². The van der Waals surface area contributed by atoms with Gasteiger partial charge in [0.05, 0.1) is 10.7 Å². The third kappa shape index (κ3) is 3.59. The van der Waals surface area contributed by atoms with E-state index in [1.165, 1.54) is 5.54 Å². The van der Waals surface area contributed by atoms with Gasteiger partial charge in [0, 0.05) is 16.6 Å². The minimum atomic E-state index is 0.671. The van der Waals surface area contributed by atoms with Crippen molar-refractivity contribution in [1.29, 1.82) is 0 Å². The molecule has 0 radical (unpaired) electrons. The first-order chi connectivity index (χ1) is 6.24. The molecule has 0 saturated carbocycles. The fourth-order valence-corrected chi connectivity index (χ4v) is 1.68. The molecular weight excluding hydrogens is 273 g/mol. The molecule has 1 aromatic carbocycles. The van der Waals surface area contributed by atoms with Crippen molar-refractivity contribution in [1.82, 2.24) is 0 Å². The molecule has 1 rings (SSSR count). The number of hydrogen-bond acceptors (Lipinski definition) is 1. The topological polar surface area (TPSA) is 12.0 Å². The molecule has 0 aromatic heterocycles. The van der Waals surface area contributed by atoms with Crippen LogP contribution in [-0.4, -0.2) is 6.54 Å². The normalized spacial score (nSPS) is 10.7. The third-order valence-corrected chi connectivity index (χ3v) is 2.41. The fourth-order valence-electron chi connectivity index (χ4n) is 0.846. The number of anilines is 1. The zero-order valence-corrected chi connectivity index (χ0v) is 9.83. The van der Waals surface area contributed by atoms with Crippen LogP contribution in [0.15, 0.2) is 34.3 Å². The van der Waals surface area contributed by atoms with Crippen LogP contribution in [0.5, 0.6) is 0 Å². The first kappa shape index (κ1) is 10.9. The Balaban J connectivity index is 2.66. The second-order valence-electron chi connectivity index (χ2n) is 2.37. The molecule has 0 aliphatic rings. The van der Waals surface area contributed by atoms with Crippen LogP contribution in [0.4, 0.5) is 5.69 Å². The Labute approximate surface area is 95.9 Å². The average Bonchev–Trinajstić information content (AvgIpc) is 2.09. The Morgan fingerprint density at radius 3 is 2.85 bits per heavy atom. The summed E-state index contributed by atoms with van der Waals surface area (Å²) < 4.78 is 0.968. The average molecular weight is 281 g/mol. The van der Waals surface area contributed by atoms with Gasteiger partial charge in [-0.05, 0) is 18.2 Å². The van der Waals surface area contributed by atoms with Gasteiger partial charge in [-0.2, -0.15) is 0 Å². The molecular formula is C9H8BrCl2N. The molecule has 0 amide bonds. The Kier molecular flexibility index (Phi) is 4.64. The van der Waals surface area contributed by atoms with Gasteiger partial charge in [0.15, 0.2) is 0 Å². The van der Waals surface area contributed by atoms with Crippen LogP contribution in [0.2, 0.25) is 5.02 Å².